The summed E-state index contributed by atoms with van der Waals surface area (Å²) in [6.07, 6.45) is 3.86. The Balaban J connectivity index is 1.85. The highest BCUT2D eigenvalue weighted by Crippen LogP contribution is 2.18. The van der Waals surface area contributed by atoms with Crippen LogP contribution in [0, 0.1) is 5.92 Å². The van der Waals surface area contributed by atoms with Crippen LogP contribution < -0.4 is 0 Å². The van der Waals surface area contributed by atoms with Crippen LogP contribution >= 0.6 is 0 Å². The molecule has 1 fully saturated rings. The predicted molar refractivity (Wildman–Crippen MR) is 80.4 cm³/mol. The number of methoxy groups -OCH3 is 1. The molecule has 0 amide bonds. The van der Waals surface area contributed by atoms with E-state index in [1.807, 2.05) is 0 Å². The van der Waals surface area contributed by atoms with Crippen molar-refractivity contribution < 1.29 is 9.53 Å². The average molecular weight is 273 g/mol. The maximum absolute atomic E-state index is 10.7. The summed E-state index contributed by atoms with van der Waals surface area (Å²) in [5, 5.41) is 0. The third-order valence-corrected chi connectivity index (χ3v) is 3.94. The molecular formula is C17H23NO2. The van der Waals surface area contributed by atoms with Gasteiger partial charge in [-0.25, -0.2) is 0 Å². The summed E-state index contributed by atoms with van der Waals surface area (Å²) < 4.78 is 5.10. The number of carbonyl (C=O) groups excluding carboxylic acids is 1. The van der Waals surface area contributed by atoms with E-state index in [-0.39, 0.29) is 5.92 Å². The van der Waals surface area contributed by atoms with Crippen LogP contribution in [0.25, 0.3) is 0 Å². The van der Waals surface area contributed by atoms with E-state index in [0.29, 0.717) is 0 Å². The molecule has 1 aliphatic heterocycles. The molecule has 0 aliphatic carbocycles. The second-order valence-corrected chi connectivity index (χ2v) is 5.49. The topological polar surface area (TPSA) is 29.5 Å². The van der Waals surface area contributed by atoms with Crippen molar-refractivity contribution in [3.05, 3.63) is 47.7 Å². The zero-order valence-corrected chi connectivity index (χ0v) is 12.2. The third-order valence-electron chi connectivity index (χ3n) is 3.94. The van der Waals surface area contributed by atoms with Gasteiger partial charge in [0.15, 0.2) is 0 Å². The summed E-state index contributed by atoms with van der Waals surface area (Å²) in [5.74, 6) is 1.06. The fraction of sp³-hybridized carbons (Fsp3) is 0.471. The Kier molecular flexibility index (Phi) is 5.36. The van der Waals surface area contributed by atoms with Gasteiger partial charge in [-0.05, 0) is 37.1 Å². The van der Waals surface area contributed by atoms with Crippen LogP contribution in [0.4, 0.5) is 0 Å². The van der Waals surface area contributed by atoms with Crippen LogP contribution in [0.15, 0.2) is 36.6 Å². The fourth-order valence-corrected chi connectivity index (χ4v) is 2.57. The van der Waals surface area contributed by atoms with E-state index in [1.165, 1.54) is 11.1 Å². The zero-order valence-electron chi connectivity index (χ0n) is 12.2. The molecule has 1 aliphatic rings. The SMILES string of the molecule is C=C(Cc1ccc(CN2CCC(C=O)CC2)cc1)OC. The monoisotopic (exact) mass is 273 g/mol. The zero-order chi connectivity index (χ0) is 14.4. The quantitative estimate of drug-likeness (QED) is 0.589. The number of likely N-dealkylation sites (tertiary alicyclic amines) is 1. The van der Waals surface area contributed by atoms with Gasteiger partial charge in [0.2, 0.25) is 0 Å². The molecule has 1 saturated heterocycles. The number of ether oxygens (including phenoxy) is 1. The second kappa shape index (κ2) is 7.25. The van der Waals surface area contributed by atoms with Gasteiger partial charge >= 0.3 is 0 Å². The number of nitrogens with zero attached hydrogens (tertiary/aromatic N) is 1. The molecule has 0 spiro atoms. The molecule has 3 nitrogen and oxygen atoms in total. The van der Waals surface area contributed by atoms with Gasteiger partial charge in [0.1, 0.15) is 6.29 Å². The van der Waals surface area contributed by atoms with Crippen LogP contribution in [-0.2, 0) is 22.5 Å². The molecule has 0 bridgehead atoms. The maximum atomic E-state index is 10.7. The summed E-state index contributed by atoms with van der Waals surface area (Å²) in [6.45, 7) is 6.85. The first-order chi connectivity index (χ1) is 9.71. The van der Waals surface area contributed by atoms with E-state index in [0.717, 1.165) is 50.9 Å². The number of benzene rings is 1. The molecule has 3 heteroatoms. The molecular weight excluding hydrogens is 250 g/mol. The van der Waals surface area contributed by atoms with E-state index in [9.17, 15) is 4.79 Å². The lowest BCUT2D eigenvalue weighted by Gasteiger charge is -2.29. The minimum absolute atomic E-state index is 0.272. The van der Waals surface area contributed by atoms with Gasteiger partial charge in [0, 0.05) is 18.9 Å². The van der Waals surface area contributed by atoms with Gasteiger partial charge in [-0.1, -0.05) is 30.8 Å². The molecule has 2 rings (SSSR count). The van der Waals surface area contributed by atoms with Crippen molar-refractivity contribution in [2.45, 2.75) is 25.8 Å². The van der Waals surface area contributed by atoms with E-state index in [1.54, 1.807) is 7.11 Å². The highest BCUT2D eigenvalue weighted by atomic mass is 16.5. The Morgan fingerprint density at radius 3 is 2.45 bits per heavy atom. The Morgan fingerprint density at radius 2 is 1.90 bits per heavy atom. The molecule has 1 aromatic rings. The van der Waals surface area contributed by atoms with E-state index < -0.39 is 0 Å². The lowest BCUT2D eigenvalue weighted by Crippen LogP contribution is -2.33. The highest BCUT2D eigenvalue weighted by Gasteiger charge is 2.18. The number of piperidine rings is 1. The standard InChI is InChI=1S/C17H23NO2/c1-14(20-2)11-15-3-5-16(6-4-15)12-18-9-7-17(13-19)8-10-18/h3-6,13,17H,1,7-12H2,2H3. The summed E-state index contributed by atoms with van der Waals surface area (Å²) in [7, 11) is 1.65. The summed E-state index contributed by atoms with van der Waals surface area (Å²) >= 11 is 0. The molecule has 20 heavy (non-hydrogen) atoms. The molecule has 0 radical (unpaired) electrons. The maximum Gasteiger partial charge on any atom is 0.123 e. The Hall–Kier alpha value is -1.61. The summed E-state index contributed by atoms with van der Waals surface area (Å²) in [5.41, 5.74) is 2.54. The number of hydrogen-bond acceptors (Lipinski definition) is 3. The molecule has 0 unspecified atom stereocenters. The van der Waals surface area contributed by atoms with E-state index in [4.69, 9.17) is 4.74 Å². The van der Waals surface area contributed by atoms with Crippen molar-refractivity contribution in [2.75, 3.05) is 20.2 Å². The van der Waals surface area contributed by atoms with E-state index in [2.05, 4.69) is 35.7 Å². The summed E-state index contributed by atoms with van der Waals surface area (Å²) in [6, 6.07) is 8.61. The number of hydrogen-bond donors (Lipinski definition) is 0. The van der Waals surface area contributed by atoms with Crippen molar-refractivity contribution in [1.82, 2.24) is 4.90 Å². The lowest BCUT2D eigenvalue weighted by atomic mass is 9.98. The van der Waals surface area contributed by atoms with Crippen LogP contribution in [0.1, 0.15) is 24.0 Å². The molecule has 0 saturated carbocycles. The molecule has 0 aromatic heterocycles. The predicted octanol–water partition coefficient (Wildman–Crippen LogP) is 2.80. The number of allylic oxidation sites excluding steroid dienone is 1. The normalized spacial score (nSPS) is 16.9. The van der Waals surface area contributed by atoms with Gasteiger partial charge in [-0.3, -0.25) is 4.90 Å². The lowest BCUT2D eigenvalue weighted by molar-refractivity contribution is -0.112. The molecule has 108 valence electrons. The first-order valence-corrected chi connectivity index (χ1v) is 7.18. The smallest absolute Gasteiger partial charge is 0.123 e. The first kappa shape index (κ1) is 14.8. The number of carbonyl (C=O) groups is 1. The number of aldehydes is 1. The van der Waals surface area contributed by atoms with Crippen molar-refractivity contribution in [1.29, 1.82) is 0 Å². The second-order valence-electron chi connectivity index (χ2n) is 5.49. The summed E-state index contributed by atoms with van der Waals surface area (Å²) in [4.78, 5) is 13.2. The third kappa shape index (κ3) is 4.20. The van der Waals surface area contributed by atoms with Gasteiger partial charge in [0.05, 0.1) is 12.9 Å². The highest BCUT2D eigenvalue weighted by molar-refractivity contribution is 5.53. The molecule has 1 heterocycles. The first-order valence-electron chi connectivity index (χ1n) is 7.18. The van der Waals surface area contributed by atoms with Crippen LogP contribution in [0.2, 0.25) is 0 Å². The Bertz CT molecular complexity index is 445. The minimum Gasteiger partial charge on any atom is -0.501 e. The van der Waals surface area contributed by atoms with Gasteiger partial charge < -0.3 is 9.53 Å². The molecule has 1 aromatic carbocycles. The van der Waals surface area contributed by atoms with Crippen LogP contribution in [0.3, 0.4) is 0 Å². The van der Waals surface area contributed by atoms with Crippen molar-refractivity contribution in [3.8, 4) is 0 Å². The van der Waals surface area contributed by atoms with E-state index >= 15 is 0 Å². The number of rotatable bonds is 6. The van der Waals surface area contributed by atoms with Gasteiger partial charge in [-0.2, -0.15) is 0 Å². The van der Waals surface area contributed by atoms with Crippen LogP contribution in [-0.4, -0.2) is 31.4 Å². The van der Waals surface area contributed by atoms with Crippen LogP contribution in [0.5, 0.6) is 0 Å². The Morgan fingerprint density at radius 1 is 1.30 bits per heavy atom. The minimum atomic E-state index is 0.272. The van der Waals surface area contributed by atoms with Crippen molar-refractivity contribution in [2.24, 2.45) is 5.92 Å². The van der Waals surface area contributed by atoms with Crippen molar-refractivity contribution >= 4 is 6.29 Å². The molecule has 0 N–H and O–H groups in total. The average Bonchev–Trinajstić information content (AvgIpc) is 2.50. The Labute approximate surface area is 121 Å². The van der Waals surface area contributed by atoms with Gasteiger partial charge in [-0.15, -0.1) is 0 Å². The largest absolute Gasteiger partial charge is 0.501 e. The molecule has 0 atom stereocenters. The fourth-order valence-electron chi connectivity index (χ4n) is 2.57. The van der Waals surface area contributed by atoms with Gasteiger partial charge in [0.25, 0.3) is 0 Å². The van der Waals surface area contributed by atoms with Crippen molar-refractivity contribution in [3.63, 3.8) is 0 Å².